The Balaban J connectivity index is 1.80. The van der Waals surface area contributed by atoms with Crippen LogP contribution in [0.5, 0.6) is 0 Å². The summed E-state index contributed by atoms with van der Waals surface area (Å²) in [7, 11) is 1.52. The molecule has 32 heavy (non-hydrogen) atoms. The lowest BCUT2D eigenvalue weighted by molar-refractivity contribution is -0.138. The lowest BCUT2D eigenvalue weighted by atomic mass is 9.98. The number of fused-ring (bicyclic) bond motifs is 1. The van der Waals surface area contributed by atoms with E-state index in [2.05, 4.69) is 15.7 Å². The Morgan fingerprint density at radius 2 is 1.72 bits per heavy atom. The fourth-order valence-corrected chi connectivity index (χ4v) is 3.54. The Morgan fingerprint density at radius 3 is 2.41 bits per heavy atom. The molecule has 3 N–H and O–H groups in total. The second-order valence-corrected chi connectivity index (χ2v) is 8.18. The Bertz CT molecular complexity index is 1010. The van der Waals surface area contributed by atoms with Crippen molar-refractivity contribution in [3.63, 3.8) is 0 Å². The van der Waals surface area contributed by atoms with Crippen LogP contribution in [0.4, 0.5) is 0 Å². The fourth-order valence-electron chi connectivity index (χ4n) is 3.54. The van der Waals surface area contributed by atoms with E-state index in [1.54, 1.807) is 48.7 Å². The summed E-state index contributed by atoms with van der Waals surface area (Å²) in [6.07, 6.45) is 0.509. The third-order valence-electron chi connectivity index (χ3n) is 5.23. The summed E-state index contributed by atoms with van der Waals surface area (Å²) in [5.41, 5.74) is 1.78. The van der Waals surface area contributed by atoms with Crippen LogP contribution >= 0.6 is 0 Å². The van der Waals surface area contributed by atoms with E-state index in [0.717, 1.165) is 5.56 Å². The number of carbonyl (C=O) groups excluding carboxylic acids is 3. The molecule has 0 saturated heterocycles. The van der Waals surface area contributed by atoms with E-state index in [0.29, 0.717) is 17.5 Å². The molecule has 8 heteroatoms. The zero-order chi connectivity index (χ0) is 23.3. The maximum Gasteiger partial charge on any atom is 0.269 e. The third-order valence-corrected chi connectivity index (χ3v) is 5.23. The van der Waals surface area contributed by atoms with Gasteiger partial charge in [-0.25, -0.2) is 5.01 Å². The molecule has 1 unspecified atom stereocenters. The van der Waals surface area contributed by atoms with Crippen molar-refractivity contribution in [2.24, 2.45) is 11.0 Å². The summed E-state index contributed by atoms with van der Waals surface area (Å²) in [4.78, 5) is 38.7. The first-order valence-corrected chi connectivity index (χ1v) is 10.5. The summed E-state index contributed by atoms with van der Waals surface area (Å²) in [5.74, 6) is -1.48. The van der Waals surface area contributed by atoms with Crippen LogP contribution in [0.3, 0.4) is 0 Å². The highest BCUT2D eigenvalue weighted by Crippen LogP contribution is 2.23. The molecule has 0 radical (unpaired) electrons. The molecule has 0 saturated carbocycles. The molecule has 0 spiro atoms. The predicted molar refractivity (Wildman–Crippen MR) is 120 cm³/mol. The Labute approximate surface area is 187 Å². The highest BCUT2D eigenvalue weighted by molar-refractivity contribution is 5.96. The smallest absolute Gasteiger partial charge is 0.269 e. The number of benzene rings is 2. The molecule has 2 aromatic carbocycles. The van der Waals surface area contributed by atoms with Crippen LogP contribution in [0.15, 0.2) is 59.7 Å². The van der Waals surface area contributed by atoms with Gasteiger partial charge in [0.05, 0.1) is 6.21 Å². The van der Waals surface area contributed by atoms with Gasteiger partial charge in [0.2, 0.25) is 5.91 Å². The molecule has 0 fully saturated rings. The van der Waals surface area contributed by atoms with E-state index in [-0.39, 0.29) is 5.92 Å². The van der Waals surface area contributed by atoms with E-state index in [4.69, 9.17) is 0 Å². The molecule has 3 rings (SSSR count). The Morgan fingerprint density at radius 1 is 1.06 bits per heavy atom. The summed E-state index contributed by atoms with van der Waals surface area (Å²) >= 11 is 0. The monoisotopic (exact) mass is 436 g/mol. The second-order valence-electron chi connectivity index (χ2n) is 8.18. The van der Waals surface area contributed by atoms with Crippen LogP contribution in [-0.4, -0.2) is 47.1 Å². The molecule has 3 atom stereocenters. The first kappa shape index (κ1) is 23.1. The van der Waals surface area contributed by atoms with Crippen LogP contribution in [0, 0.1) is 5.92 Å². The van der Waals surface area contributed by atoms with Gasteiger partial charge in [0.1, 0.15) is 12.1 Å². The van der Waals surface area contributed by atoms with Crippen LogP contribution in [-0.2, 0) is 14.4 Å². The summed E-state index contributed by atoms with van der Waals surface area (Å²) in [6.45, 7) is 3.85. The second kappa shape index (κ2) is 10.2. The number of amides is 3. The van der Waals surface area contributed by atoms with Crippen molar-refractivity contribution in [3.05, 3.63) is 71.3 Å². The molecule has 1 aliphatic heterocycles. The maximum absolute atomic E-state index is 13.2. The summed E-state index contributed by atoms with van der Waals surface area (Å²) in [6, 6.07) is 13.8. The fraction of sp³-hybridized carbons (Fsp3) is 0.333. The number of hydrogen-bond donors (Lipinski definition) is 3. The van der Waals surface area contributed by atoms with Gasteiger partial charge in [-0.2, -0.15) is 5.10 Å². The molecule has 0 aromatic heterocycles. The van der Waals surface area contributed by atoms with Gasteiger partial charge in [0.15, 0.2) is 6.10 Å². The number of hydrogen-bond acceptors (Lipinski definition) is 5. The van der Waals surface area contributed by atoms with Gasteiger partial charge in [0.25, 0.3) is 11.8 Å². The number of rotatable bonds is 7. The van der Waals surface area contributed by atoms with Crippen molar-refractivity contribution in [3.8, 4) is 0 Å². The normalized spacial score (nSPS) is 17.3. The predicted octanol–water partition coefficient (Wildman–Crippen LogP) is 1.91. The van der Waals surface area contributed by atoms with Gasteiger partial charge < -0.3 is 15.7 Å². The summed E-state index contributed by atoms with van der Waals surface area (Å²) < 4.78 is 0. The van der Waals surface area contributed by atoms with Crippen molar-refractivity contribution in [2.75, 3.05) is 7.05 Å². The number of aliphatic hydroxyl groups excluding tert-OH is 1. The molecule has 1 heterocycles. The minimum atomic E-state index is -1.40. The molecule has 168 valence electrons. The first-order chi connectivity index (χ1) is 15.3. The molecule has 0 bridgehead atoms. The van der Waals surface area contributed by atoms with Crippen LogP contribution in [0.1, 0.15) is 49.1 Å². The van der Waals surface area contributed by atoms with Crippen molar-refractivity contribution < 1.29 is 19.5 Å². The quantitative estimate of drug-likeness (QED) is 0.616. The van der Waals surface area contributed by atoms with Gasteiger partial charge in [-0.1, -0.05) is 68.4 Å². The molecule has 8 nitrogen and oxygen atoms in total. The van der Waals surface area contributed by atoms with Crippen molar-refractivity contribution in [1.29, 1.82) is 0 Å². The van der Waals surface area contributed by atoms with Crippen molar-refractivity contribution in [2.45, 2.75) is 38.5 Å². The highest BCUT2D eigenvalue weighted by Gasteiger charge is 2.33. The van der Waals surface area contributed by atoms with E-state index in [1.807, 2.05) is 26.0 Å². The van der Waals surface area contributed by atoms with Crippen molar-refractivity contribution in [1.82, 2.24) is 15.6 Å². The van der Waals surface area contributed by atoms with Crippen LogP contribution in [0.25, 0.3) is 0 Å². The number of hydrazone groups is 1. The highest BCUT2D eigenvalue weighted by atomic mass is 16.3. The molecule has 1 aliphatic rings. The standard InChI is InChI=1S/C24H28N4O4/c1-15(2)13-19(26-23(31)21(29)16-9-5-4-6-10-16)22(30)27-20-18-12-8-7-11-17(18)14-25-28(3)24(20)32/h4-12,14-15,19-21,29H,13H2,1-3H3,(H,26,31)(H,27,30)/t19-,20?,21-/m0/s1. The number of nitrogens with one attached hydrogen (secondary N) is 2. The van der Waals surface area contributed by atoms with Crippen LogP contribution in [0.2, 0.25) is 0 Å². The zero-order valence-electron chi connectivity index (χ0n) is 18.4. The van der Waals surface area contributed by atoms with Gasteiger partial charge >= 0.3 is 0 Å². The average molecular weight is 437 g/mol. The van der Waals surface area contributed by atoms with E-state index >= 15 is 0 Å². The molecular formula is C24H28N4O4. The van der Waals surface area contributed by atoms with E-state index < -0.39 is 35.9 Å². The molecule has 3 amide bonds. The maximum atomic E-state index is 13.2. The SMILES string of the molecule is CC(C)C[C@H](NC(=O)[C@@H](O)c1ccccc1)C(=O)NC1C(=O)N(C)N=Cc2ccccc21. The van der Waals surface area contributed by atoms with E-state index in [9.17, 15) is 19.5 Å². The van der Waals surface area contributed by atoms with Gasteiger partial charge in [-0.15, -0.1) is 0 Å². The average Bonchev–Trinajstić information content (AvgIpc) is 2.90. The number of aliphatic hydroxyl groups is 1. The summed E-state index contributed by atoms with van der Waals surface area (Å²) in [5, 5.41) is 21.1. The number of nitrogens with zero attached hydrogens (tertiary/aromatic N) is 2. The minimum Gasteiger partial charge on any atom is -0.378 e. The van der Waals surface area contributed by atoms with Crippen LogP contribution < -0.4 is 10.6 Å². The molecule has 0 aliphatic carbocycles. The van der Waals surface area contributed by atoms with Gasteiger partial charge in [-0.3, -0.25) is 14.4 Å². The number of carbonyl (C=O) groups is 3. The lowest BCUT2D eigenvalue weighted by Gasteiger charge is -2.26. The Kier molecular flexibility index (Phi) is 7.37. The molecule has 2 aromatic rings. The van der Waals surface area contributed by atoms with Crippen molar-refractivity contribution >= 4 is 23.9 Å². The Hall–Kier alpha value is -3.52. The van der Waals surface area contributed by atoms with E-state index in [1.165, 1.54) is 12.1 Å². The molecular weight excluding hydrogens is 408 g/mol. The minimum absolute atomic E-state index is 0.0862. The largest absolute Gasteiger partial charge is 0.378 e. The zero-order valence-corrected chi connectivity index (χ0v) is 18.4. The first-order valence-electron chi connectivity index (χ1n) is 10.5. The topological polar surface area (TPSA) is 111 Å². The lowest BCUT2D eigenvalue weighted by Crippen LogP contribution is -2.51. The van der Waals surface area contributed by atoms with Gasteiger partial charge in [-0.05, 0) is 23.5 Å². The van der Waals surface area contributed by atoms with Gasteiger partial charge in [0, 0.05) is 12.6 Å². The third kappa shape index (κ3) is 5.39. The number of likely N-dealkylation sites (N-methyl/N-ethyl adjacent to an activating group) is 1.